The van der Waals surface area contributed by atoms with E-state index in [4.69, 9.17) is 11.6 Å². The Hall–Kier alpha value is -0.650. The van der Waals surface area contributed by atoms with Crippen LogP contribution in [0.15, 0.2) is 36.4 Å². The molecule has 0 heterocycles. The van der Waals surface area contributed by atoms with Crippen LogP contribution in [-0.2, 0) is 0 Å². The molecule has 0 fully saturated rings. The predicted octanol–water partition coefficient (Wildman–Crippen LogP) is 4.47. The summed E-state index contributed by atoms with van der Waals surface area (Å²) in [4.78, 5) is 0. The average molecular weight is 377 g/mol. The third-order valence-electron chi connectivity index (χ3n) is 2.79. The van der Waals surface area contributed by atoms with Crippen molar-refractivity contribution in [3.63, 3.8) is 0 Å². The Balaban J connectivity index is 2.41. The average Bonchev–Trinajstić information content (AvgIpc) is 2.32. The molecule has 0 amide bonds. The zero-order valence-corrected chi connectivity index (χ0v) is 12.5. The zero-order chi connectivity index (χ0) is 13.3. The first-order chi connectivity index (χ1) is 8.49. The van der Waals surface area contributed by atoms with Crippen LogP contribution in [0.4, 0.5) is 4.39 Å². The van der Waals surface area contributed by atoms with Gasteiger partial charge in [-0.3, -0.25) is 0 Å². The van der Waals surface area contributed by atoms with Gasteiger partial charge in [-0.2, -0.15) is 0 Å². The number of hydrogen-bond acceptors (Lipinski definition) is 1. The Labute approximate surface area is 124 Å². The molecule has 0 saturated heterocycles. The lowest BCUT2D eigenvalue weighted by Gasteiger charge is -2.15. The van der Waals surface area contributed by atoms with E-state index in [-0.39, 0.29) is 5.82 Å². The van der Waals surface area contributed by atoms with Gasteiger partial charge in [0.15, 0.2) is 0 Å². The third kappa shape index (κ3) is 2.84. The lowest BCUT2D eigenvalue weighted by atomic mass is 9.97. The second-order valence-corrected chi connectivity index (χ2v) is 5.65. The summed E-state index contributed by atoms with van der Waals surface area (Å²) >= 11 is 8.16. The molecule has 1 unspecified atom stereocenters. The minimum atomic E-state index is -0.792. The molecule has 0 bridgehead atoms. The smallest absolute Gasteiger partial charge is 0.123 e. The highest BCUT2D eigenvalue weighted by atomic mass is 127. The SMILES string of the molecule is Cc1cc(F)ccc1C(O)c1ccc(I)c(Cl)c1. The first-order valence-electron chi connectivity index (χ1n) is 5.38. The highest BCUT2D eigenvalue weighted by Gasteiger charge is 2.14. The van der Waals surface area contributed by atoms with Crippen LogP contribution in [0.3, 0.4) is 0 Å². The summed E-state index contributed by atoms with van der Waals surface area (Å²) in [5.41, 5.74) is 2.11. The molecule has 1 nitrogen and oxygen atoms in total. The molecule has 94 valence electrons. The van der Waals surface area contributed by atoms with Crippen molar-refractivity contribution in [3.8, 4) is 0 Å². The molecule has 4 heteroatoms. The molecular weight excluding hydrogens is 366 g/mol. The maximum atomic E-state index is 13.0. The van der Waals surface area contributed by atoms with Crippen molar-refractivity contribution in [3.05, 3.63) is 67.5 Å². The monoisotopic (exact) mass is 376 g/mol. The van der Waals surface area contributed by atoms with Crippen molar-refractivity contribution in [2.45, 2.75) is 13.0 Å². The van der Waals surface area contributed by atoms with E-state index in [1.54, 1.807) is 19.1 Å². The van der Waals surface area contributed by atoms with Crippen molar-refractivity contribution in [1.82, 2.24) is 0 Å². The second-order valence-electron chi connectivity index (χ2n) is 4.08. The first-order valence-corrected chi connectivity index (χ1v) is 6.84. The molecule has 18 heavy (non-hydrogen) atoms. The Bertz CT molecular complexity index is 586. The van der Waals surface area contributed by atoms with Crippen LogP contribution in [-0.4, -0.2) is 5.11 Å². The van der Waals surface area contributed by atoms with Gasteiger partial charge in [-0.1, -0.05) is 23.7 Å². The predicted molar refractivity (Wildman–Crippen MR) is 79.4 cm³/mol. The largest absolute Gasteiger partial charge is 0.384 e. The van der Waals surface area contributed by atoms with E-state index in [1.165, 1.54) is 12.1 Å². The summed E-state index contributed by atoms with van der Waals surface area (Å²) in [6.07, 6.45) is -0.792. The standard InChI is InChI=1S/C14H11ClFIO/c1-8-6-10(16)3-4-11(8)14(18)9-2-5-13(17)12(15)7-9/h2-7,14,18H,1H3. The minimum absolute atomic E-state index is 0.302. The fourth-order valence-corrected chi connectivity index (χ4v) is 2.33. The molecule has 0 radical (unpaired) electrons. The maximum Gasteiger partial charge on any atom is 0.123 e. The van der Waals surface area contributed by atoms with Crippen molar-refractivity contribution in [2.75, 3.05) is 0 Å². The van der Waals surface area contributed by atoms with Crippen molar-refractivity contribution in [2.24, 2.45) is 0 Å². The molecule has 0 saturated carbocycles. The van der Waals surface area contributed by atoms with Crippen molar-refractivity contribution >= 4 is 34.2 Å². The maximum absolute atomic E-state index is 13.0. The van der Waals surface area contributed by atoms with E-state index in [9.17, 15) is 9.50 Å². The Kier molecular flexibility index (Phi) is 4.25. The van der Waals surface area contributed by atoms with Gasteiger partial charge < -0.3 is 5.11 Å². The highest BCUT2D eigenvalue weighted by molar-refractivity contribution is 14.1. The number of rotatable bonds is 2. The molecule has 2 aromatic rings. The number of aryl methyl sites for hydroxylation is 1. The van der Waals surface area contributed by atoms with Crippen LogP contribution < -0.4 is 0 Å². The van der Waals surface area contributed by atoms with Gasteiger partial charge in [0.2, 0.25) is 0 Å². The molecule has 0 aliphatic carbocycles. The minimum Gasteiger partial charge on any atom is -0.384 e. The van der Waals surface area contributed by atoms with Gasteiger partial charge in [0.25, 0.3) is 0 Å². The van der Waals surface area contributed by atoms with Gasteiger partial charge in [-0.05, 0) is 70.5 Å². The van der Waals surface area contributed by atoms with Gasteiger partial charge in [-0.25, -0.2) is 4.39 Å². The van der Waals surface area contributed by atoms with E-state index >= 15 is 0 Å². The normalized spacial score (nSPS) is 12.5. The molecular formula is C14H11ClFIO. The molecule has 0 aliphatic heterocycles. The molecule has 1 N–H and O–H groups in total. The number of hydrogen-bond donors (Lipinski definition) is 1. The summed E-state index contributed by atoms with van der Waals surface area (Å²) in [5.74, 6) is -0.302. The van der Waals surface area contributed by atoms with Gasteiger partial charge in [0.1, 0.15) is 11.9 Å². The van der Waals surface area contributed by atoms with E-state index in [0.717, 1.165) is 9.13 Å². The topological polar surface area (TPSA) is 20.2 Å². The van der Waals surface area contributed by atoms with Crippen LogP contribution in [0, 0.1) is 16.3 Å². The number of benzene rings is 2. The number of aliphatic hydroxyl groups excluding tert-OH is 1. The highest BCUT2D eigenvalue weighted by Crippen LogP contribution is 2.29. The zero-order valence-electron chi connectivity index (χ0n) is 9.62. The summed E-state index contributed by atoms with van der Waals surface area (Å²) in [6, 6.07) is 9.76. The van der Waals surface area contributed by atoms with E-state index in [1.807, 2.05) is 12.1 Å². The van der Waals surface area contributed by atoms with Crippen LogP contribution in [0.2, 0.25) is 5.02 Å². The molecule has 1 atom stereocenters. The molecule has 0 aromatic heterocycles. The van der Waals surface area contributed by atoms with Crippen molar-refractivity contribution < 1.29 is 9.50 Å². The molecule has 2 aromatic carbocycles. The molecule has 0 spiro atoms. The summed E-state index contributed by atoms with van der Waals surface area (Å²) in [6.45, 7) is 1.77. The van der Waals surface area contributed by atoms with Crippen LogP contribution in [0.5, 0.6) is 0 Å². The van der Waals surface area contributed by atoms with Crippen LogP contribution in [0.25, 0.3) is 0 Å². The first kappa shape index (κ1) is 13.8. The lowest BCUT2D eigenvalue weighted by Crippen LogP contribution is -2.02. The molecule has 2 rings (SSSR count). The van der Waals surface area contributed by atoms with Gasteiger partial charge in [0.05, 0.1) is 5.02 Å². The molecule has 0 aliphatic rings. The van der Waals surface area contributed by atoms with Crippen LogP contribution in [0.1, 0.15) is 22.8 Å². The summed E-state index contributed by atoms with van der Waals surface area (Å²) < 4.78 is 14.0. The van der Waals surface area contributed by atoms with Crippen molar-refractivity contribution in [1.29, 1.82) is 0 Å². The quantitative estimate of drug-likeness (QED) is 0.767. The number of aliphatic hydroxyl groups is 1. The Morgan fingerprint density at radius 2 is 1.94 bits per heavy atom. The fraction of sp³-hybridized carbons (Fsp3) is 0.143. The number of halogens is 3. The fourth-order valence-electron chi connectivity index (χ4n) is 1.81. The Morgan fingerprint density at radius 3 is 2.56 bits per heavy atom. The van der Waals surface area contributed by atoms with Crippen LogP contribution >= 0.6 is 34.2 Å². The van der Waals surface area contributed by atoms with E-state index < -0.39 is 6.10 Å². The van der Waals surface area contributed by atoms with E-state index in [0.29, 0.717) is 16.1 Å². The third-order valence-corrected chi connectivity index (χ3v) is 4.36. The van der Waals surface area contributed by atoms with E-state index in [2.05, 4.69) is 22.6 Å². The summed E-state index contributed by atoms with van der Waals surface area (Å²) in [7, 11) is 0. The summed E-state index contributed by atoms with van der Waals surface area (Å²) in [5, 5.41) is 10.9. The van der Waals surface area contributed by atoms with Gasteiger partial charge in [0, 0.05) is 3.57 Å². The van der Waals surface area contributed by atoms with Gasteiger partial charge in [-0.15, -0.1) is 0 Å². The Morgan fingerprint density at radius 1 is 1.22 bits per heavy atom. The lowest BCUT2D eigenvalue weighted by molar-refractivity contribution is 0.219. The van der Waals surface area contributed by atoms with Gasteiger partial charge >= 0.3 is 0 Å². The second kappa shape index (κ2) is 5.55.